The van der Waals surface area contributed by atoms with Crippen LogP contribution in [0.2, 0.25) is 18.1 Å². The van der Waals surface area contributed by atoms with Crippen LogP contribution in [0.4, 0.5) is 13.2 Å². The largest absolute Gasteiger partial charge is 0.523 e. The van der Waals surface area contributed by atoms with Crippen LogP contribution in [0.15, 0.2) is 30.3 Å². The molecule has 0 aromatic heterocycles. The molecule has 1 saturated heterocycles. The summed E-state index contributed by atoms with van der Waals surface area (Å²) in [4.78, 5) is 0. The second kappa shape index (κ2) is 10.1. The summed E-state index contributed by atoms with van der Waals surface area (Å²) in [6, 6.07) is 8.87. The first-order valence-corrected chi connectivity index (χ1v) is 14.4. The molecule has 1 aliphatic heterocycles. The molecule has 1 aromatic rings. The number of methoxy groups -OCH3 is 1. The van der Waals surface area contributed by atoms with E-state index in [0.29, 0.717) is 0 Å². The summed E-state index contributed by atoms with van der Waals surface area (Å²) in [5, 5.41) is -0.177. The lowest BCUT2D eigenvalue weighted by molar-refractivity contribution is -0.167. The summed E-state index contributed by atoms with van der Waals surface area (Å²) in [5.74, 6) is 0. The number of rotatable bonds is 9. The van der Waals surface area contributed by atoms with Gasteiger partial charge in [0, 0.05) is 7.11 Å². The molecule has 0 amide bonds. The lowest BCUT2D eigenvalue weighted by Gasteiger charge is -2.37. The standard InChI is InChI=1S/C20H31F3O7SSi/c1-19(2,3)32(5,6)28-13-15-16(30-31(24,25)20(21,22)23)17(18(26-4)29-15)27-12-14-10-8-7-9-11-14/h7-11,15-18H,12-13H2,1-6H3/t15-,16+,17-,18-/m1/s1. The van der Waals surface area contributed by atoms with Crippen LogP contribution in [0, 0.1) is 0 Å². The van der Waals surface area contributed by atoms with Crippen molar-refractivity contribution in [2.45, 2.75) is 75.6 Å². The Kier molecular flexibility index (Phi) is 8.57. The highest BCUT2D eigenvalue weighted by Crippen LogP contribution is 2.38. The van der Waals surface area contributed by atoms with E-state index in [1.807, 2.05) is 33.9 Å². The summed E-state index contributed by atoms with van der Waals surface area (Å²) in [7, 11) is -6.93. The second-order valence-electron chi connectivity index (χ2n) is 9.07. The molecule has 184 valence electrons. The number of hydrogen-bond donors (Lipinski definition) is 0. The van der Waals surface area contributed by atoms with Crippen LogP contribution in [0.1, 0.15) is 26.3 Å². The van der Waals surface area contributed by atoms with Gasteiger partial charge in [0.25, 0.3) is 0 Å². The Bertz CT molecular complexity index is 841. The predicted octanol–water partition coefficient (Wildman–Crippen LogP) is 4.20. The molecule has 0 aliphatic carbocycles. The minimum Gasteiger partial charge on any atom is -0.414 e. The Hall–Kier alpha value is -1.02. The Balaban J connectivity index is 2.28. The monoisotopic (exact) mass is 500 g/mol. The zero-order chi connectivity index (χ0) is 24.4. The van der Waals surface area contributed by atoms with Gasteiger partial charge in [0.15, 0.2) is 14.6 Å². The molecule has 7 nitrogen and oxygen atoms in total. The van der Waals surface area contributed by atoms with Crippen LogP contribution in [0.3, 0.4) is 0 Å². The predicted molar refractivity (Wildman–Crippen MR) is 114 cm³/mol. The molecule has 1 heterocycles. The molecule has 12 heteroatoms. The van der Waals surface area contributed by atoms with E-state index in [-0.39, 0.29) is 18.3 Å². The highest BCUT2D eigenvalue weighted by molar-refractivity contribution is 7.87. The van der Waals surface area contributed by atoms with Gasteiger partial charge in [0.2, 0.25) is 0 Å². The summed E-state index contributed by atoms with van der Waals surface area (Å²) < 4.78 is 90.1. The van der Waals surface area contributed by atoms with Gasteiger partial charge < -0.3 is 18.6 Å². The third-order valence-electron chi connectivity index (χ3n) is 5.72. The number of halogens is 3. The maximum absolute atomic E-state index is 13.1. The van der Waals surface area contributed by atoms with Crippen LogP contribution < -0.4 is 0 Å². The summed E-state index contributed by atoms with van der Waals surface area (Å²) in [5.41, 5.74) is -4.85. The minimum atomic E-state index is -5.90. The highest BCUT2D eigenvalue weighted by atomic mass is 32.2. The van der Waals surface area contributed by atoms with E-state index < -0.39 is 48.5 Å². The zero-order valence-corrected chi connectivity index (χ0v) is 20.8. The Morgan fingerprint density at radius 1 is 1.06 bits per heavy atom. The van der Waals surface area contributed by atoms with Gasteiger partial charge in [0.05, 0.1) is 13.2 Å². The third-order valence-corrected chi connectivity index (χ3v) is 11.3. The van der Waals surface area contributed by atoms with Gasteiger partial charge in [-0.25, -0.2) is 0 Å². The molecule has 1 aliphatic rings. The van der Waals surface area contributed by atoms with E-state index in [4.69, 9.17) is 18.6 Å². The molecule has 4 atom stereocenters. The molecular weight excluding hydrogens is 469 g/mol. The van der Waals surface area contributed by atoms with Crippen molar-refractivity contribution in [1.82, 2.24) is 0 Å². The number of ether oxygens (including phenoxy) is 3. The SMILES string of the molecule is CO[C@@H]1O[C@H](CO[Si](C)(C)C(C)(C)C)[C@H](OS(=O)(=O)C(F)(F)F)[C@H]1OCc1ccccc1. The van der Waals surface area contributed by atoms with Gasteiger partial charge in [-0.2, -0.15) is 21.6 Å². The van der Waals surface area contributed by atoms with Gasteiger partial charge in [0.1, 0.15) is 18.3 Å². The molecule has 0 bridgehead atoms. The molecule has 0 saturated carbocycles. The van der Waals surface area contributed by atoms with Crippen LogP contribution in [0.5, 0.6) is 0 Å². The van der Waals surface area contributed by atoms with E-state index in [0.717, 1.165) is 5.56 Å². The Morgan fingerprint density at radius 2 is 1.66 bits per heavy atom. The first-order valence-electron chi connectivity index (χ1n) is 10.1. The molecule has 2 rings (SSSR count). The van der Waals surface area contributed by atoms with Crippen molar-refractivity contribution >= 4 is 18.4 Å². The van der Waals surface area contributed by atoms with Gasteiger partial charge in [-0.15, -0.1) is 0 Å². The molecule has 32 heavy (non-hydrogen) atoms. The van der Waals surface area contributed by atoms with E-state index >= 15 is 0 Å². The van der Waals surface area contributed by atoms with Crippen LogP contribution in [0.25, 0.3) is 0 Å². The fraction of sp³-hybridized carbons (Fsp3) is 0.700. The third kappa shape index (κ3) is 6.52. The first kappa shape index (κ1) is 27.2. The number of alkyl halides is 3. The van der Waals surface area contributed by atoms with Crippen LogP contribution in [-0.4, -0.2) is 60.6 Å². The first-order chi connectivity index (χ1) is 14.6. The van der Waals surface area contributed by atoms with Crippen molar-refractivity contribution in [3.05, 3.63) is 35.9 Å². The van der Waals surface area contributed by atoms with E-state index in [9.17, 15) is 21.6 Å². The van der Waals surface area contributed by atoms with Crippen molar-refractivity contribution in [3.8, 4) is 0 Å². The van der Waals surface area contributed by atoms with Gasteiger partial charge >= 0.3 is 15.6 Å². The Morgan fingerprint density at radius 3 is 2.16 bits per heavy atom. The highest BCUT2D eigenvalue weighted by Gasteiger charge is 2.55. The minimum absolute atomic E-state index is 0.00351. The molecule has 0 N–H and O–H groups in total. The topological polar surface area (TPSA) is 80.3 Å². The Labute approximate surface area is 188 Å². The average molecular weight is 501 g/mol. The summed E-state index contributed by atoms with van der Waals surface area (Å²) >= 11 is 0. The van der Waals surface area contributed by atoms with E-state index in [2.05, 4.69) is 4.18 Å². The molecular formula is C20H31F3O7SSi. The molecule has 0 spiro atoms. The molecule has 0 unspecified atom stereocenters. The van der Waals surface area contributed by atoms with Gasteiger partial charge in [-0.1, -0.05) is 51.1 Å². The van der Waals surface area contributed by atoms with Crippen molar-refractivity contribution < 1.29 is 44.4 Å². The maximum Gasteiger partial charge on any atom is 0.523 e. The summed E-state index contributed by atoms with van der Waals surface area (Å²) in [6.07, 6.45) is -5.13. The van der Waals surface area contributed by atoms with Gasteiger partial charge in [-0.3, -0.25) is 4.18 Å². The van der Waals surface area contributed by atoms with Crippen LogP contribution in [-0.2, 0) is 39.5 Å². The zero-order valence-electron chi connectivity index (χ0n) is 19.0. The van der Waals surface area contributed by atoms with E-state index in [1.165, 1.54) is 7.11 Å². The van der Waals surface area contributed by atoms with Crippen molar-refractivity contribution in [3.63, 3.8) is 0 Å². The number of benzene rings is 1. The fourth-order valence-corrected chi connectivity index (χ4v) is 4.43. The molecule has 0 radical (unpaired) electrons. The van der Waals surface area contributed by atoms with Crippen LogP contribution >= 0.6 is 0 Å². The maximum atomic E-state index is 13.1. The summed E-state index contributed by atoms with van der Waals surface area (Å²) in [6.45, 7) is 9.75. The number of hydrogen-bond acceptors (Lipinski definition) is 7. The van der Waals surface area contributed by atoms with Crippen molar-refractivity contribution in [2.24, 2.45) is 0 Å². The normalized spacial score (nSPS) is 25.3. The van der Waals surface area contributed by atoms with E-state index in [1.54, 1.807) is 30.3 Å². The molecule has 1 fully saturated rings. The lowest BCUT2D eigenvalue weighted by Crippen LogP contribution is -2.46. The fourth-order valence-electron chi connectivity index (χ4n) is 2.78. The van der Waals surface area contributed by atoms with Crippen molar-refractivity contribution in [2.75, 3.05) is 13.7 Å². The van der Waals surface area contributed by atoms with Gasteiger partial charge in [-0.05, 0) is 23.7 Å². The van der Waals surface area contributed by atoms with Crippen molar-refractivity contribution in [1.29, 1.82) is 0 Å². The average Bonchev–Trinajstić information content (AvgIpc) is 3.00. The lowest BCUT2D eigenvalue weighted by atomic mass is 10.1. The second-order valence-corrected chi connectivity index (χ2v) is 15.4. The smallest absolute Gasteiger partial charge is 0.414 e. The quantitative estimate of drug-likeness (QED) is 0.286. The molecule has 1 aromatic carbocycles.